The molecule has 8 atom stereocenters. The van der Waals surface area contributed by atoms with E-state index in [1.54, 1.807) is 0 Å². The van der Waals surface area contributed by atoms with Gasteiger partial charge in [0.05, 0.1) is 0 Å². The number of rotatable bonds is 7. The number of thiol groups is 1. The first-order chi connectivity index (χ1) is 10.4. The van der Waals surface area contributed by atoms with Crippen LogP contribution in [-0.2, 0) is 16.1 Å². The summed E-state index contributed by atoms with van der Waals surface area (Å²) in [5.41, 5.74) is 0. The average molecular weight is 358 g/mol. The molecule has 0 radical (unpaired) electrons. The zero-order chi connectivity index (χ0) is 14.6. The van der Waals surface area contributed by atoms with E-state index in [1.807, 2.05) is 0 Å². The van der Waals surface area contributed by atoms with E-state index in [2.05, 4.69) is 19.6 Å². The summed E-state index contributed by atoms with van der Waals surface area (Å²) < 4.78 is 0.516. The van der Waals surface area contributed by atoms with Crippen molar-refractivity contribution in [3.8, 4) is 0 Å². The van der Waals surface area contributed by atoms with Crippen molar-refractivity contribution < 1.29 is 16.1 Å². The Balaban J connectivity index is 1.35. The second kappa shape index (κ2) is 1.02. The fraction of sp³-hybridized carbons (Fsp3) is 0.889. The number of ketones is 2. The van der Waals surface area contributed by atoms with Crippen LogP contribution < -0.4 is 0 Å². The Hall–Kier alpha value is 0.209. The first-order valence-electron chi connectivity index (χ1n) is 9.28. The summed E-state index contributed by atoms with van der Waals surface area (Å²) in [6.45, 7) is -1.61. The van der Waals surface area contributed by atoms with Crippen LogP contribution in [0.15, 0.2) is 0 Å². The first kappa shape index (κ1) is 10.3. The molecule has 0 aliphatic carbocycles. The van der Waals surface area contributed by atoms with Gasteiger partial charge in [-0.1, -0.05) is 0 Å². The maximum absolute atomic E-state index is 13.4. The third-order valence-electron chi connectivity index (χ3n) is 16.7. The van der Waals surface area contributed by atoms with Crippen molar-refractivity contribution in [2.24, 2.45) is 0 Å². The van der Waals surface area contributed by atoms with Crippen molar-refractivity contribution in [3.05, 3.63) is 0 Å². The minimum absolute atomic E-state index is 0.251. The van der Waals surface area contributed by atoms with Crippen LogP contribution in [0.3, 0.4) is 0 Å². The molecule has 10 aliphatic heterocycles. The van der Waals surface area contributed by atoms with Crippen LogP contribution in [0.2, 0.25) is 47.2 Å². The number of carbonyl (C=O) groups is 2. The fourth-order valence-corrected chi connectivity index (χ4v) is 95.1. The SMILES string of the molecule is CCCC(=O)[C]12[CH]3[CH]4[CH]5[CH]1[Fe]45321678[CH]2[CH]1[CH]6[C]7(C(=O)CCCS)[CH]28. The van der Waals surface area contributed by atoms with Gasteiger partial charge >= 0.3 is 126 Å². The number of fused-ring (bicyclic) bond motifs is 10. The first-order valence-corrected chi connectivity index (χ1v) is 16.1. The molecule has 10 saturated heterocycles. The Morgan fingerprint density at radius 3 is 1.73 bits per heavy atom. The van der Waals surface area contributed by atoms with Crippen molar-refractivity contribution in [3.63, 3.8) is 0 Å². The summed E-state index contributed by atoms with van der Waals surface area (Å²) in [6.07, 6.45) is 3.61. The standard InChI is InChI=1S/C9H11OS.C9H11O.Fe/c10-9(6-3-7-11)8-4-1-2-5-8;1-2-5-9(10)8-6-3-4-7-8;/h1-2,4-5,11H,3,6-7H2;3-4,6-7H,2,5H2,1H3;. The van der Waals surface area contributed by atoms with Crippen LogP contribution in [0.5, 0.6) is 0 Å². The van der Waals surface area contributed by atoms with E-state index in [4.69, 9.17) is 0 Å². The summed E-state index contributed by atoms with van der Waals surface area (Å²) in [5.74, 6) is 2.22. The van der Waals surface area contributed by atoms with Gasteiger partial charge in [0.25, 0.3) is 0 Å². The molecule has 0 saturated carbocycles. The normalized spacial score (nSPS) is 97.9. The summed E-state index contributed by atoms with van der Waals surface area (Å²) in [5, 5.41) is 0. The van der Waals surface area contributed by atoms with Crippen LogP contribution in [0.25, 0.3) is 0 Å². The third kappa shape index (κ3) is 0.124. The number of carbonyl (C=O) groups excluding carboxylic acids is 2. The van der Waals surface area contributed by atoms with Gasteiger partial charge in [-0.05, 0) is 0 Å². The molecule has 0 amide bonds. The van der Waals surface area contributed by atoms with Crippen LogP contribution in [-0.4, -0.2) is 17.3 Å². The molecular formula is C18H22FeO2S. The Bertz CT molecular complexity index is 1180. The molecule has 0 bridgehead atoms. The molecule has 0 aromatic heterocycles. The number of Topliss-reactive ketones (excluding diaryl/α,β-unsaturated/α-hetero) is 2. The summed E-state index contributed by atoms with van der Waals surface area (Å²) >= 11 is 4.33. The molecule has 0 N–H and O–H groups in total. The van der Waals surface area contributed by atoms with Gasteiger partial charge in [-0.2, -0.15) is 0 Å². The zero-order valence-corrected chi connectivity index (χ0v) is 14.8. The predicted octanol–water partition coefficient (Wildman–Crippen LogP) is 4.76. The van der Waals surface area contributed by atoms with Gasteiger partial charge in [0.1, 0.15) is 0 Å². The maximum atomic E-state index is 13.4. The van der Waals surface area contributed by atoms with E-state index >= 15 is 0 Å². The molecule has 10 fully saturated rings. The van der Waals surface area contributed by atoms with E-state index in [9.17, 15) is 9.59 Å². The third-order valence-corrected chi connectivity index (χ3v) is 59.8. The van der Waals surface area contributed by atoms with Gasteiger partial charge in [-0.15, -0.1) is 0 Å². The Kier molecular flexibility index (Phi) is 0.475. The second-order valence-corrected chi connectivity index (χ2v) is 35.8. The van der Waals surface area contributed by atoms with Crippen LogP contribution in [0.4, 0.5) is 0 Å². The van der Waals surface area contributed by atoms with Gasteiger partial charge in [0.2, 0.25) is 0 Å². The number of hydrogen-bond acceptors (Lipinski definition) is 3. The predicted molar refractivity (Wildman–Crippen MR) is 83.4 cm³/mol. The fourth-order valence-electron chi connectivity index (χ4n) is 18.9. The van der Waals surface area contributed by atoms with Gasteiger partial charge in [-0.3, -0.25) is 0 Å². The molecule has 8 unspecified atom stereocenters. The van der Waals surface area contributed by atoms with Crippen molar-refractivity contribution in [1.82, 2.24) is 0 Å². The summed E-state index contributed by atoms with van der Waals surface area (Å²) in [4.78, 5) is 34.5. The monoisotopic (exact) mass is 358 g/mol. The van der Waals surface area contributed by atoms with Gasteiger partial charge in [0, 0.05) is 0 Å². The van der Waals surface area contributed by atoms with Crippen molar-refractivity contribution in [2.45, 2.75) is 79.8 Å². The molecule has 10 rings (SSSR count). The van der Waals surface area contributed by atoms with Crippen LogP contribution in [0, 0.1) is 0 Å². The topological polar surface area (TPSA) is 34.1 Å². The Morgan fingerprint density at radius 2 is 1.36 bits per heavy atom. The quantitative estimate of drug-likeness (QED) is 0.526. The molecule has 0 aromatic rings. The van der Waals surface area contributed by atoms with Crippen molar-refractivity contribution in [1.29, 1.82) is 0 Å². The molecule has 4 heteroatoms. The average Bonchev–Trinajstić information content (AvgIpc) is 3.45. The van der Waals surface area contributed by atoms with E-state index in [1.165, 1.54) is 0 Å². The van der Waals surface area contributed by atoms with E-state index in [0.29, 0.717) is 11.6 Å². The molecule has 10 aliphatic rings. The summed E-state index contributed by atoms with van der Waals surface area (Å²) in [6, 6.07) is 0. The second-order valence-electron chi connectivity index (χ2n) is 12.2. The Labute approximate surface area is 125 Å². The molecular weight excluding hydrogens is 336 g/mol. The molecule has 0 aromatic carbocycles. The molecule has 120 valence electrons. The molecule has 1 spiro atoms. The number of hydrogen-bond donors (Lipinski definition) is 1. The van der Waals surface area contributed by atoms with Crippen molar-refractivity contribution >= 4 is 24.2 Å². The van der Waals surface area contributed by atoms with Crippen LogP contribution >= 0.6 is 12.6 Å². The van der Waals surface area contributed by atoms with Gasteiger partial charge < -0.3 is 0 Å². The van der Waals surface area contributed by atoms with Crippen LogP contribution in [0.1, 0.15) is 32.6 Å². The van der Waals surface area contributed by atoms with Gasteiger partial charge in [0.15, 0.2) is 0 Å². The molecule has 2 nitrogen and oxygen atoms in total. The van der Waals surface area contributed by atoms with E-state index in [-0.39, 0.29) is 8.63 Å². The Morgan fingerprint density at radius 1 is 0.909 bits per heavy atom. The van der Waals surface area contributed by atoms with Gasteiger partial charge in [-0.25, -0.2) is 0 Å². The molecule has 10 heterocycles. The van der Waals surface area contributed by atoms with E-state index < -0.39 is 6.51 Å². The van der Waals surface area contributed by atoms with E-state index in [0.717, 1.165) is 70.0 Å². The molecule has 22 heavy (non-hydrogen) atoms. The summed E-state index contributed by atoms with van der Waals surface area (Å²) in [7, 11) is 0. The zero-order valence-electron chi connectivity index (χ0n) is 12.8. The minimum atomic E-state index is -3.77. The van der Waals surface area contributed by atoms with Crippen molar-refractivity contribution in [2.75, 3.05) is 5.75 Å².